The maximum Gasteiger partial charge on any atom is 0.303 e. The number of carboxylic acid groups (broad SMARTS) is 1. The third-order valence-corrected chi connectivity index (χ3v) is 7.74. The number of benzene rings is 1. The molecule has 2 fully saturated rings. The number of carbonyl (C=O) groups is 1. The Kier molecular flexibility index (Phi) is 6.07. The zero-order chi connectivity index (χ0) is 19.7. The third kappa shape index (κ3) is 4.13. The maximum absolute atomic E-state index is 10.9. The van der Waals surface area contributed by atoms with Gasteiger partial charge in [-0.2, -0.15) is 0 Å². The van der Waals surface area contributed by atoms with Gasteiger partial charge in [-0.05, 0) is 85.3 Å². The lowest BCUT2D eigenvalue weighted by Crippen LogP contribution is -2.26. The number of aryl methyl sites for hydroxylation is 1. The molecule has 2 saturated carbocycles. The minimum atomic E-state index is -0.758. The van der Waals surface area contributed by atoms with Gasteiger partial charge in [-0.15, -0.1) is 0 Å². The molecule has 3 aliphatic carbocycles. The standard InChI is InChI=1S/C24H34O4/c25-22(16-4-2-1-3-5-16)10-9-18-20-13-17-8-6-15(7-11-24(27)28)12-19(17)21(20)14-23(18)26/h6,8,12,16,18,20-23,25-26H,1-5,7,9-11,13-14H2,(H,27,28)/t18-,20-,21-,22-,23-/m1/s1. The molecular weight excluding hydrogens is 352 g/mol. The monoisotopic (exact) mass is 386 g/mol. The largest absolute Gasteiger partial charge is 0.481 e. The predicted octanol–water partition coefficient (Wildman–Crippen LogP) is 4.06. The van der Waals surface area contributed by atoms with Crippen molar-refractivity contribution in [3.8, 4) is 0 Å². The van der Waals surface area contributed by atoms with Gasteiger partial charge in [0, 0.05) is 6.42 Å². The number of aliphatic hydroxyl groups excluding tert-OH is 2. The molecule has 1 aromatic carbocycles. The van der Waals surface area contributed by atoms with E-state index in [1.807, 2.05) is 0 Å². The predicted molar refractivity (Wildman–Crippen MR) is 108 cm³/mol. The van der Waals surface area contributed by atoms with Gasteiger partial charge in [-0.1, -0.05) is 37.5 Å². The first kappa shape index (κ1) is 19.9. The Hall–Kier alpha value is -1.39. The van der Waals surface area contributed by atoms with Gasteiger partial charge in [0.25, 0.3) is 0 Å². The van der Waals surface area contributed by atoms with Gasteiger partial charge in [0.2, 0.25) is 0 Å². The molecule has 5 atom stereocenters. The average molecular weight is 387 g/mol. The second-order valence-corrected chi connectivity index (χ2v) is 9.41. The Balaban J connectivity index is 1.38. The number of hydrogen-bond donors (Lipinski definition) is 3. The Bertz CT molecular complexity index is 694. The Morgan fingerprint density at radius 2 is 1.96 bits per heavy atom. The Labute approximate surface area is 168 Å². The molecule has 3 aliphatic rings. The van der Waals surface area contributed by atoms with Crippen LogP contribution in [0.5, 0.6) is 0 Å². The SMILES string of the molecule is O=C(O)CCc1ccc2c(c1)[C@H]1C[C@@H](O)[C@H](CC[C@@H](O)C3CCCCC3)[C@H]1C2. The minimum absolute atomic E-state index is 0.164. The van der Waals surface area contributed by atoms with Crippen molar-refractivity contribution >= 4 is 5.97 Å². The molecule has 3 N–H and O–H groups in total. The van der Waals surface area contributed by atoms with E-state index >= 15 is 0 Å². The molecule has 0 spiro atoms. The summed E-state index contributed by atoms with van der Waals surface area (Å²) in [5.41, 5.74) is 3.80. The van der Waals surface area contributed by atoms with Crippen LogP contribution < -0.4 is 0 Å². The first-order valence-electron chi connectivity index (χ1n) is 11.2. The number of aliphatic carboxylic acids is 1. The van der Waals surface area contributed by atoms with Crippen LogP contribution in [0.1, 0.15) is 80.4 Å². The van der Waals surface area contributed by atoms with Gasteiger partial charge in [0.15, 0.2) is 0 Å². The normalized spacial score (nSPS) is 30.8. The van der Waals surface area contributed by atoms with Crippen LogP contribution in [-0.4, -0.2) is 33.5 Å². The Morgan fingerprint density at radius 1 is 1.18 bits per heavy atom. The summed E-state index contributed by atoms with van der Waals surface area (Å²) < 4.78 is 0. The molecule has 0 amide bonds. The van der Waals surface area contributed by atoms with Crippen LogP contribution in [0.3, 0.4) is 0 Å². The topological polar surface area (TPSA) is 77.8 Å². The van der Waals surface area contributed by atoms with Crippen LogP contribution in [0, 0.1) is 17.8 Å². The zero-order valence-electron chi connectivity index (χ0n) is 16.7. The van der Waals surface area contributed by atoms with Gasteiger partial charge in [0.1, 0.15) is 0 Å². The summed E-state index contributed by atoms with van der Waals surface area (Å²) >= 11 is 0. The van der Waals surface area contributed by atoms with E-state index in [9.17, 15) is 15.0 Å². The second kappa shape index (κ2) is 8.54. The summed E-state index contributed by atoms with van der Waals surface area (Å²) in [6, 6.07) is 6.43. The Morgan fingerprint density at radius 3 is 2.71 bits per heavy atom. The smallest absolute Gasteiger partial charge is 0.303 e. The highest BCUT2D eigenvalue weighted by atomic mass is 16.4. The van der Waals surface area contributed by atoms with Gasteiger partial charge in [-0.3, -0.25) is 4.79 Å². The van der Waals surface area contributed by atoms with Crippen LogP contribution in [-0.2, 0) is 17.6 Å². The van der Waals surface area contributed by atoms with Gasteiger partial charge in [0.05, 0.1) is 12.2 Å². The molecule has 0 unspecified atom stereocenters. The molecule has 4 heteroatoms. The summed E-state index contributed by atoms with van der Waals surface area (Å²) in [6.45, 7) is 0. The fourth-order valence-electron chi connectivity index (χ4n) is 6.21. The molecule has 0 heterocycles. The van der Waals surface area contributed by atoms with Gasteiger partial charge in [-0.25, -0.2) is 0 Å². The highest BCUT2D eigenvalue weighted by Crippen LogP contribution is 2.53. The summed E-state index contributed by atoms with van der Waals surface area (Å²) in [7, 11) is 0. The zero-order valence-corrected chi connectivity index (χ0v) is 16.7. The van der Waals surface area contributed by atoms with E-state index in [-0.39, 0.29) is 24.5 Å². The highest BCUT2D eigenvalue weighted by Gasteiger charge is 2.47. The summed E-state index contributed by atoms with van der Waals surface area (Å²) in [6.07, 6.45) is 9.92. The van der Waals surface area contributed by atoms with Crippen molar-refractivity contribution in [2.24, 2.45) is 17.8 Å². The second-order valence-electron chi connectivity index (χ2n) is 9.41. The number of fused-ring (bicyclic) bond motifs is 3. The summed E-state index contributed by atoms with van der Waals surface area (Å²) in [5, 5.41) is 30.3. The fourth-order valence-corrected chi connectivity index (χ4v) is 6.21. The van der Waals surface area contributed by atoms with Crippen molar-refractivity contribution in [1.82, 2.24) is 0 Å². The van der Waals surface area contributed by atoms with Crippen molar-refractivity contribution in [3.05, 3.63) is 34.9 Å². The molecule has 0 bridgehead atoms. The molecule has 0 aromatic heterocycles. The summed E-state index contributed by atoms with van der Waals surface area (Å²) in [4.78, 5) is 10.9. The molecular formula is C24H34O4. The molecule has 28 heavy (non-hydrogen) atoms. The van der Waals surface area contributed by atoms with Crippen LogP contribution in [0.15, 0.2) is 18.2 Å². The maximum atomic E-state index is 10.9. The number of aliphatic hydroxyl groups is 2. The molecule has 4 nitrogen and oxygen atoms in total. The molecule has 0 aliphatic heterocycles. The summed E-state index contributed by atoms with van der Waals surface area (Å²) in [5.74, 6) is 0.843. The molecule has 0 radical (unpaired) electrons. The van der Waals surface area contributed by atoms with Crippen molar-refractivity contribution in [2.75, 3.05) is 0 Å². The van der Waals surface area contributed by atoms with E-state index in [4.69, 9.17) is 5.11 Å². The van der Waals surface area contributed by atoms with E-state index in [0.29, 0.717) is 24.2 Å². The molecule has 1 aromatic rings. The first-order chi connectivity index (χ1) is 13.5. The highest BCUT2D eigenvalue weighted by molar-refractivity contribution is 5.67. The van der Waals surface area contributed by atoms with Gasteiger partial charge >= 0.3 is 5.97 Å². The fraction of sp³-hybridized carbons (Fsp3) is 0.708. The van der Waals surface area contributed by atoms with Crippen LogP contribution in [0.2, 0.25) is 0 Å². The van der Waals surface area contributed by atoms with Crippen molar-refractivity contribution < 1.29 is 20.1 Å². The quantitative estimate of drug-likeness (QED) is 0.660. The van der Waals surface area contributed by atoms with Crippen molar-refractivity contribution in [1.29, 1.82) is 0 Å². The molecule has 0 saturated heterocycles. The molecule has 4 rings (SSSR count). The number of rotatable bonds is 7. The lowest BCUT2D eigenvalue weighted by Gasteiger charge is -2.28. The van der Waals surface area contributed by atoms with Crippen LogP contribution in [0.25, 0.3) is 0 Å². The lowest BCUT2D eigenvalue weighted by atomic mass is 9.80. The van der Waals surface area contributed by atoms with E-state index in [0.717, 1.165) is 44.1 Å². The average Bonchev–Trinajstić information content (AvgIpc) is 3.19. The van der Waals surface area contributed by atoms with Crippen LogP contribution in [0.4, 0.5) is 0 Å². The van der Waals surface area contributed by atoms with E-state index < -0.39 is 5.97 Å². The van der Waals surface area contributed by atoms with Crippen molar-refractivity contribution in [2.45, 2.75) is 88.8 Å². The third-order valence-electron chi connectivity index (χ3n) is 7.74. The van der Waals surface area contributed by atoms with E-state index in [1.165, 1.54) is 30.4 Å². The first-order valence-corrected chi connectivity index (χ1v) is 11.2. The molecule has 154 valence electrons. The van der Waals surface area contributed by atoms with Gasteiger partial charge < -0.3 is 15.3 Å². The minimum Gasteiger partial charge on any atom is -0.481 e. The van der Waals surface area contributed by atoms with Crippen LogP contribution >= 0.6 is 0 Å². The van der Waals surface area contributed by atoms with Crippen molar-refractivity contribution in [3.63, 3.8) is 0 Å². The lowest BCUT2D eigenvalue weighted by molar-refractivity contribution is -0.136. The number of hydrogen-bond acceptors (Lipinski definition) is 3. The van der Waals surface area contributed by atoms with E-state index in [2.05, 4.69) is 18.2 Å². The van der Waals surface area contributed by atoms with E-state index in [1.54, 1.807) is 0 Å². The number of carboxylic acids is 1.